The van der Waals surface area contributed by atoms with E-state index in [1.54, 1.807) is 19.2 Å². The molecule has 0 spiro atoms. The van der Waals surface area contributed by atoms with Crippen LogP contribution >= 0.6 is 22.9 Å². The zero-order valence-electron chi connectivity index (χ0n) is 21.1. The minimum atomic E-state index is -0.949. The van der Waals surface area contributed by atoms with Gasteiger partial charge in [-0.1, -0.05) is 17.7 Å². The molecule has 1 aliphatic rings. The van der Waals surface area contributed by atoms with Gasteiger partial charge in [-0.25, -0.2) is 0 Å². The number of halogens is 1. The van der Waals surface area contributed by atoms with Crippen LogP contribution in [0.1, 0.15) is 46.5 Å². The number of carboxylic acids is 1. The number of carbonyl (C=O) groups excluding carboxylic acids is 3. The maximum Gasteiger partial charge on any atom is 0.303 e. The lowest BCUT2D eigenvalue weighted by molar-refractivity contribution is -0.138. The summed E-state index contributed by atoms with van der Waals surface area (Å²) in [6.45, 7) is 2.22. The van der Waals surface area contributed by atoms with E-state index in [1.807, 2.05) is 18.2 Å². The molecule has 0 fully saturated rings. The number of amides is 3. The van der Waals surface area contributed by atoms with Crippen molar-refractivity contribution in [1.29, 1.82) is 0 Å². The second kappa shape index (κ2) is 13.6. The van der Waals surface area contributed by atoms with Crippen LogP contribution in [-0.2, 0) is 27.2 Å². The van der Waals surface area contributed by atoms with E-state index >= 15 is 0 Å². The van der Waals surface area contributed by atoms with Crippen molar-refractivity contribution in [3.05, 3.63) is 50.7 Å². The summed E-state index contributed by atoms with van der Waals surface area (Å²) in [5, 5.41) is 14.4. The first-order chi connectivity index (χ1) is 17.6. The fraction of sp³-hybridized carbons (Fsp3) is 0.462. The molecule has 37 heavy (non-hydrogen) atoms. The van der Waals surface area contributed by atoms with Crippen molar-refractivity contribution in [1.82, 2.24) is 15.1 Å². The number of nitrogens with one attached hydrogen (secondary N) is 2. The number of nitrogens with zero attached hydrogens (tertiary/aromatic N) is 2. The number of fused-ring (bicyclic) bond motifs is 1. The van der Waals surface area contributed by atoms with Crippen LogP contribution in [0.2, 0.25) is 4.34 Å². The van der Waals surface area contributed by atoms with Crippen LogP contribution in [0.3, 0.4) is 0 Å². The third kappa shape index (κ3) is 8.84. The molecule has 0 bridgehead atoms. The molecule has 1 aromatic carbocycles. The van der Waals surface area contributed by atoms with Gasteiger partial charge < -0.3 is 25.5 Å². The van der Waals surface area contributed by atoms with E-state index in [9.17, 15) is 19.2 Å². The Hall–Kier alpha value is -2.95. The Bertz CT molecular complexity index is 1140. The van der Waals surface area contributed by atoms with Crippen LogP contribution in [0.15, 0.2) is 30.3 Å². The fourth-order valence-electron chi connectivity index (χ4n) is 4.13. The summed E-state index contributed by atoms with van der Waals surface area (Å²) >= 11 is 7.06. The lowest BCUT2D eigenvalue weighted by Crippen LogP contribution is -2.44. The monoisotopic (exact) mass is 548 g/mol. The van der Waals surface area contributed by atoms with E-state index in [0.717, 1.165) is 37.3 Å². The van der Waals surface area contributed by atoms with Gasteiger partial charge in [0.15, 0.2) is 0 Å². The maximum atomic E-state index is 13.3. The minimum Gasteiger partial charge on any atom is -0.481 e. The molecule has 1 aromatic heterocycles. The summed E-state index contributed by atoms with van der Waals surface area (Å²) in [5.74, 6) is -2.00. The number of likely N-dealkylation sites (N-methyl/N-ethyl adjacent to an activating group) is 1. The molecule has 3 N–H and O–H groups in total. The van der Waals surface area contributed by atoms with Crippen LogP contribution in [0, 0.1) is 0 Å². The quantitative estimate of drug-likeness (QED) is 0.396. The summed E-state index contributed by atoms with van der Waals surface area (Å²) in [6, 6.07) is 8.12. The van der Waals surface area contributed by atoms with Gasteiger partial charge in [0, 0.05) is 45.2 Å². The molecule has 2 aromatic rings. The predicted octanol–water partition coefficient (Wildman–Crippen LogP) is 3.27. The molecule has 11 heteroatoms. The molecule has 2 heterocycles. The van der Waals surface area contributed by atoms with Crippen molar-refractivity contribution in [2.75, 3.05) is 39.0 Å². The van der Waals surface area contributed by atoms with Gasteiger partial charge in [0.2, 0.25) is 11.8 Å². The highest BCUT2D eigenvalue weighted by atomic mass is 35.5. The number of carbonyl (C=O) groups is 4. The summed E-state index contributed by atoms with van der Waals surface area (Å²) < 4.78 is 0.458. The maximum absolute atomic E-state index is 13.3. The van der Waals surface area contributed by atoms with Crippen molar-refractivity contribution in [2.24, 2.45) is 0 Å². The molecule has 0 aliphatic carbocycles. The SMILES string of the molecule is CN1CCc2ccc(NC(=O)[C@@H](CCC(=O)N(C)CCCC(=O)O)NC(=O)c3ccc(Cl)s3)cc2CC1. The second-order valence-electron chi connectivity index (χ2n) is 9.26. The molecule has 200 valence electrons. The summed E-state index contributed by atoms with van der Waals surface area (Å²) in [6.07, 6.45) is 2.25. The van der Waals surface area contributed by atoms with Gasteiger partial charge in [-0.3, -0.25) is 19.2 Å². The van der Waals surface area contributed by atoms with Crippen molar-refractivity contribution in [2.45, 2.75) is 44.6 Å². The Morgan fingerprint density at radius 2 is 1.84 bits per heavy atom. The van der Waals surface area contributed by atoms with E-state index in [-0.39, 0.29) is 25.2 Å². The molecule has 0 saturated heterocycles. The Morgan fingerprint density at radius 3 is 2.51 bits per heavy atom. The summed E-state index contributed by atoms with van der Waals surface area (Å²) in [4.78, 5) is 53.4. The first-order valence-electron chi connectivity index (χ1n) is 12.3. The molecular formula is C26H33ClN4O5S. The Labute approximate surface area is 225 Å². The largest absolute Gasteiger partial charge is 0.481 e. The Morgan fingerprint density at radius 1 is 1.11 bits per heavy atom. The molecule has 1 aliphatic heterocycles. The predicted molar refractivity (Wildman–Crippen MR) is 144 cm³/mol. The smallest absolute Gasteiger partial charge is 0.303 e. The van der Waals surface area contributed by atoms with E-state index in [2.05, 4.69) is 22.6 Å². The van der Waals surface area contributed by atoms with E-state index in [1.165, 1.54) is 16.0 Å². The van der Waals surface area contributed by atoms with Gasteiger partial charge >= 0.3 is 5.97 Å². The number of carboxylic acid groups (broad SMARTS) is 1. The zero-order valence-corrected chi connectivity index (χ0v) is 22.7. The first-order valence-corrected chi connectivity index (χ1v) is 13.4. The lowest BCUT2D eigenvalue weighted by atomic mass is 10.0. The number of benzene rings is 1. The molecule has 0 unspecified atom stereocenters. The topological polar surface area (TPSA) is 119 Å². The van der Waals surface area contributed by atoms with E-state index < -0.39 is 23.8 Å². The van der Waals surface area contributed by atoms with Crippen LogP contribution in [-0.4, -0.2) is 78.4 Å². The number of anilines is 1. The zero-order chi connectivity index (χ0) is 26.9. The Balaban J connectivity index is 1.67. The van der Waals surface area contributed by atoms with Crippen LogP contribution in [0.4, 0.5) is 5.69 Å². The molecule has 9 nitrogen and oxygen atoms in total. The van der Waals surface area contributed by atoms with Gasteiger partial charge in [0.1, 0.15) is 6.04 Å². The van der Waals surface area contributed by atoms with Crippen molar-refractivity contribution in [3.8, 4) is 0 Å². The number of thiophene rings is 1. The lowest BCUT2D eigenvalue weighted by Gasteiger charge is -2.21. The standard InChI is InChI=1S/C26H33ClN4O5S/c1-30-14-11-17-5-6-19(16-18(17)12-15-30)28-25(35)20(29-26(36)21-8-9-22(27)37-21)7-10-23(32)31(2)13-3-4-24(33)34/h5-6,8-9,16,20H,3-4,7,10-15H2,1-2H3,(H,28,35)(H,29,36)(H,33,34)/t20-/m1/s1. The third-order valence-corrected chi connectivity index (χ3v) is 7.61. The van der Waals surface area contributed by atoms with Crippen LogP contribution < -0.4 is 10.6 Å². The summed E-state index contributed by atoms with van der Waals surface area (Å²) in [5.41, 5.74) is 3.09. The first kappa shape index (κ1) is 28.6. The molecule has 1 atom stereocenters. The second-order valence-corrected chi connectivity index (χ2v) is 11.0. The van der Waals surface area contributed by atoms with Crippen molar-refractivity contribution < 1.29 is 24.3 Å². The van der Waals surface area contributed by atoms with E-state index in [4.69, 9.17) is 16.7 Å². The van der Waals surface area contributed by atoms with E-state index in [0.29, 0.717) is 27.9 Å². The molecule has 3 amide bonds. The average Bonchev–Trinajstić information content (AvgIpc) is 3.21. The molecule has 3 rings (SSSR count). The average molecular weight is 549 g/mol. The minimum absolute atomic E-state index is 0.0175. The van der Waals surface area contributed by atoms with Crippen molar-refractivity contribution in [3.63, 3.8) is 0 Å². The van der Waals surface area contributed by atoms with Gasteiger partial charge in [0.05, 0.1) is 9.21 Å². The molecule has 0 radical (unpaired) electrons. The highest BCUT2D eigenvalue weighted by molar-refractivity contribution is 7.18. The van der Waals surface area contributed by atoms with Gasteiger partial charge in [-0.2, -0.15) is 0 Å². The normalized spacial score (nSPS) is 14.2. The third-order valence-electron chi connectivity index (χ3n) is 6.38. The van der Waals surface area contributed by atoms with Gasteiger partial charge in [-0.15, -0.1) is 11.3 Å². The highest BCUT2D eigenvalue weighted by Crippen LogP contribution is 2.23. The number of rotatable bonds is 11. The fourth-order valence-corrected chi connectivity index (χ4v) is 5.08. The van der Waals surface area contributed by atoms with Gasteiger partial charge in [0.25, 0.3) is 5.91 Å². The Kier molecular flexibility index (Phi) is 10.5. The van der Waals surface area contributed by atoms with Crippen LogP contribution in [0.25, 0.3) is 0 Å². The number of hydrogen-bond acceptors (Lipinski definition) is 6. The summed E-state index contributed by atoms with van der Waals surface area (Å²) in [7, 11) is 3.69. The number of aliphatic carboxylic acids is 1. The van der Waals surface area contributed by atoms with Gasteiger partial charge in [-0.05, 0) is 68.1 Å². The van der Waals surface area contributed by atoms with Crippen LogP contribution in [0.5, 0.6) is 0 Å². The van der Waals surface area contributed by atoms with Crippen molar-refractivity contribution >= 4 is 52.3 Å². The molecule has 0 saturated carbocycles. The highest BCUT2D eigenvalue weighted by Gasteiger charge is 2.24. The molecular weight excluding hydrogens is 516 g/mol. The number of hydrogen-bond donors (Lipinski definition) is 3.